The Balaban J connectivity index is 1.17. The molecule has 1 spiro atoms. The van der Waals surface area contributed by atoms with E-state index >= 15 is 0 Å². The summed E-state index contributed by atoms with van der Waals surface area (Å²) >= 11 is 0. The highest BCUT2D eigenvalue weighted by molar-refractivity contribution is 5.77. The van der Waals surface area contributed by atoms with Crippen LogP contribution < -0.4 is 0 Å². The molecule has 1 aliphatic carbocycles. The number of carbonyl (C=O) groups is 2. The third-order valence-electron chi connectivity index (χ3n) is 7.77. The van der Waals surface area contributed by atoms with Crippen LogP contribution in [0.2, 0.25) is 0 Å². The minimum absolute atomic E-state index is 0.0576. The summed E-state index contributed by atoms with van der Waals surface area (Å²) < 4.78 is 17.5. The maximum atomic E-state index is 12.7. The van der Waals surface area contributed by atoms with Gasteiger partial charge in [0.1, 0.15) is 6.61 Å². The van der Waals surface area contributed by atoms with E-state index in [-0.39, 0.29) is 24.2 Å². The van der Waals surface area contributed by atoms with Gasteiger partial charge in [-0.3, -0.25) is 9.59 Å². The van der Waals surface area contributed by atoms with Crippen molar-refractivity contribution in [1.82, 2.24) is 9.80 Å². The molecule has 1 saturated carbocycles. The van der Waals surface area contributed by atoms with E-state index in [9.17, 15) is 9.59 Å². The van der Waals surface area contributed by atoms with Crippen molar-refractivity contribution in [1.29, 1.82) is 0 Å². The Morgan fingerprint density at radius 3 is 2.32 bits per heavy atom. The number of carbonyl (C=O) groups excluding carboxylic acids is 2. The molecule has 2 amide bonds. The van der Waals surface area contributed by atoms with Gasteiger partial charge in [-0.25, -0.2) is 0 Å². The normalized spacial score (nSPS) is 27.4. The lowest BCUT2D eigenvalue weighted by atomic mass is 9.83. The van der Waals surface area contributed by atoms with E-state index in [1.54, 1.807) is 0 Å². The minimum Gasteiger partial charge on any atom is -0.378 e. The molecule has 7 nitrogen and oxygen atoms in total. The Morgan fingerprint density at radius 2 is 1.58 bits per heavy atom. The Morgan fingerprint density at radius 1 is 0.871 bits per heavy atom. The molecular weight excluding hydrogens is 396 g/mol. The molecule has 0 aromatic heterocycles. The van der Waals surface area contributed by atoms with Gasteiger partial charge in [-0.2, -0.15) is 0 Å². The minimum atomic E-state index is -0.189. The number of piperidine rings is 1. The molecule has 4 fully saturated rings. The zero-order valence-electron chi connectivity index (χ0n) is 19.0. The first-order chi connectivity index (χ1) is 15.1. The van der Waals surface area contributed by atoms with Crippen LogP contribution in [0.4, 0.5) is 0 Å². The second kappa shape index (κ2) is 11.1. The van der Waals surface area contributed by atoms with Gasteiger partial charge in [0.15, 0.2) is 0 Å². The predicted octanol–water partition coefficient (Wildman–Crippen LogP) is 2.76. The van der Waals surface area contributed by atoms with E-state index < -0.39 is 0 Å². The van der Waals surface area contributed by atoms with Crippen molar-refractivity contribution >= 4 is 11.8 Å². The van der Waals surface area contributed by atoms with Gasteiger partial charge in [0.25, 0.3) is 0 Å². The number of rotatable bonds is 6. The van der Waals surface area contributed by atoms with Crippen LogP contribution in [-0.4, -0.2) is 85.9 Å². The van der Waals surface area contributed by atoms with Crippen LogP contribution in [0.25, 0.3) is 0 Å². The van der Waals surface area contributed by atoms with E-state index in [0.29, 0.717) is 45.2 Å². The van der Waals surface area contributed by atoms with Crippen molar-refractivity contribution in [3.05, 3.63) is 0 Å². The maximum absolute atomic E-state index is 12.7. The number of hydrogen-bond acceptors (Lipinski definition) is 5. The van der Waals surface area contributed by atoms with Gasteiger partial charge >= 0.3 is 0 Å². The molecule has 1 atom stereocenters. The summed E-state index contributed by atoms with van der Waals surface area (Å²) in [5, 5.41) is 0. The van der Waals surface area contributed by atoms with Crippen LogP contribution in [0.5, 0.6) is 0 Å². The predicted molar refractivity (Wildman–Crippen MR) is 117 cm³/mol. The molecule has 0 N–H and O–H groups in total. The first kappa shape index (κ1) is 23.0. The van der Waals surface area contributed by atoms with Gasteiger partial charge in [-0.05, 0) is 31.6 Å². The van der Waals surface area contributed by atoms with Gasteiger partial charge in [0, 0.05) is 45.6 Å². The van der Waals surface area contributed by atoms with Crippen molar-refractivity contribution in [3.8, 4) is 0 Å². The maximum Gasteiger partial charge on any atom is 0.248 e. The molecule has 3 aliphatic heterocycles. The van der Waals surface area contributed by atoms with E-state index in [4.69, 9.17) is 14.2 Å². The number of likely N-dealkylation sites (tertiary alicyclic amines) is 1. The van der Waals surface area contributed by atoms with Crippen molar-refractivity contribution in [2.45, 2.75) is 82.3 Å². The highest BCUT2D eigenvalue weighted by Gasteiger charge is 2.41. The van der Waals surface area contributed by atoms with Crippen molar-refractivity contribution in [2.24, 2.45) is 5.92 Å². The molecule has 1 unspecified atom stereocenters. The Labute approximate surface area is 186 Å². The molecule has 4 aliphatic rings. The average molecular weight is 437 g/mol. The molecule has 3 saturated heterocycles. The lowest BCUT2D eigenvalue weighted by Gasteiger charge is -2.46. The summed E-state index contributed by atoms with van der Waals surface area (Å²) in [6.07, 6.45) is 11.9. The van der Waals surface area contributed by atoms with Crippen LogP contribution >= 0.6 is 0 Å². The lowest BCUT2D eigenvalue weighted by Crippen LogP contribution is -2.52. The lowest BCUT2D eigenvalue weighted by molar-refractivity contribution is -0.168. The molecule has 176 valence electrons. The fraction of sp³-hybridized carbons (Fsp3) is 0.917. The summed E-state index contributed by atoms with van der Waals surface area (Å²) in [6, 6.07) is 0. The molecule has 0 bridgehead atoms. The zero-order valence-corrected chi connectivity index (χ0v) is 19.0. The van der Waals surface area contributed by atoms with Crippen molar-refractivity contribution in [3.63, 3.8) is 0 Å². The van der Waals surface area contributed by atoms with Crippen molar-refractivity contribution in [2.75, 3.05) is 52.6 Å². The Bertz CT molecular complexity index is 593. The summed E-state index contributed by atoms with van der Waals surface area (Å²) in [5.41, 5.74) is -0.189. The highest BCUT2D eigenvalue weighted by atomic mass is 16.5. The third-order valence-corrected chi connectivity index (χ3v) is 7.77. The van der Waals surface area contributed by atoms with Crippen LogP contribution in [0.15, 0.2) is 0 Å². The molecule has 0 aromatic carbocycles. The molecule has 4 rings (SSSR count). The Hall–Kier alpha value is -1.18. The smallest absolute Gasteiger partial charge is 0.248 e. The Kier molecular flexibility index (Phi) is 8.24. The van der Waals surface area contributed by atoms with E-state index in [1.165, 1.54) is 32.1 Å². The van der Waals surface area contributed by atoms with Gasteiger partial charge in [-0.1, -0.05) is 32.1 Å². The molecule has 0 aromatic rings. The van der Waals surface area contributed by atoms with Crippen molar-refractivity contribution < 1.29 is 23.8 Å². The fourth-order valence-electron chi connectivity index (χ4n) is 5.69. The highest BCUT2D eigenvalue weighted by Crippen LogP contribution is 2.36. The molecule has 31 heavy (non-hydrogen) atoms. The van der Waals surface area contributed by atoms with Crippen LogP contribution in [0.1, 0.15) is 70.6 Å². The summed E-state index contributed by atoms with van der Waals surface area (Å²) in [5.74, 6) is 1.14. The largest absolute Gasteiger partial charge is 0.378 e. The number of ether oxygens (including phenoxy) is 3. The topological polar surface area (TPSA) is 68.3 Å². The number of hydrogen-bond donors (Lipinski definition) is 0. The summed E-state index contributed by atoms with van der Waals surface area (Å²) in [7, 11) is 0. The SMILES string of the molecule is O=C(CCC1CCCCC1)N1CCC2(CC1)CC(OCC(=O)N1CCOCC1)CCO2. The summed E-state index contributed by atoms with van der Waals surface area (Å²) in [4.78, 5) is 29.0. The first-order valence-corrected chi connectivity index (χ1v) is 12.5. The van der Waals surface area contributed by atoms with Gasteiger partial charge in [0.05, 0.1) is 24.9 Å². The van der Waals surface area contributed by atoms with E-state index in [2.05, 4.69) is 0 Å². The first-order valence-electron chi connectivity index (χ1n) is 12.5. The molecule has 0 radical (unpaired) electrons. The van der Waals surface area contributed by atoms with Gasteiger partial charge in [0.2, 0.25) is 11.8 Å². The summed E-state index contributed by atoms with van der Waals surface area (Å²) in [6.45, 7) is 4.92. The number of morpholine rings is 1. The molecule has 7 heteroatoms. The monoisotopic (exact) mass is 436 g/mol. The van der Waals surface area contributed by atoms with Crippen LogP contribution in [0.3, 0.4) is 0 Å². The van der Waals surface area contributed by atoms with Gasteiger partial charge in [-0.15, -0.1) is 0 Å². The van der Waals surface area contributed by atoms with Gasteiger partial charge < -0.3 is 24.0 Å². The average Bonchev–Trinajstić information content (AvgIpc) is 2.83. The van der Waals surface area contributed by atoms with Crippen LogP contribution in [0, 0.1) is 5.92 Å². The quantitative estimate of drug-likeness (QED) is 0.640. The van der Waals surface area contributed by atoms with Crippen LogP contribution in [-0.2, 0) is 23.8 Å². The standard InChI is InChI=1S/C24H40N2O5/c27-22(7-6-20-4-2-1-3-5-20)25-11-9-24(10-12-25)18-21(8-15-31-24)30-19-23(28)26-13-16-29-17-14-26/h20-21H,1-19H2. The van der Waals surface area contributed by atoms with E-state index in [0.717, 1.165) is 51.1 Å². The second-order valence-corrected chi connectivity index (χ2v) is 9.87. The van der Waals surface area contributed by atoms with E-state index in [1.807, 2.05) is 9.80 Å². The molecule has 3 heterocycles. The number of amides is 2. The molecular formula is C24H40N2O5. The second-order valence-electron chi connectivity index (χ2n) is 9.87. The third kappa shape index (κ3) is 6.42. The fourth-order valence-corrected chi connectivity index (χ4v) is 5.69. The number of nitrogens with zero attached hydrogens (tertiary/aromatic N) is 2. The zero-order chi connectivity index (χ0) is 21.5.